The first-order valence-corrected chi connectivity index (χ1v) is 5.91. The molecular formula is C11H8BFN6O2. The van der Waals surface area contributed by atoms with E-state index in [4.69, 9.17) is 9.92 Å². The summed E-state index contributed by atoms with van der Waals surface area (Å²) >= 11 is 0. The van der Waals surface area contributed by atoms with Crippen molar-refractivity contribution >= 4 is 23.8 Å². The lowest BCUT2D eigenvalue weighted by Gasteiger charge is -2.08. The smallest absolute Gasteiger partial charge is 0.423 e. The van der Waals surface area contributed by atoms with Crippen LogP contribution in [0.15, 0.2) is 18.3 Å². The lowest BCUT2D eigenvalue weighted by molar-refractivity contribution is 0.276. The van der Waals surface area contributed by atoms with E-state index >= 15 is 0 Å². The fraction of sp³-hybridized carbons (Fsp3) is 0.0909. The Morgan fingerprint density at radius 1 is 1.62 bits per heavy atom. The number of tetrazole rings is 1. The third-order valence-electron chi connectivity index (χ3n) is 2.98. The van der Waals surface area contributed by atoms with Gasteiger partial charge < -0.3 is 15.0 Å². The summed E-state index contributed by atoms with van der Waals surface area (Å²) in [7, 11) is -1.15. The molecule has 0 fully saturated rings. The molecule has 8 nitrogen and oxygen atoms in total. The fourth-order valence-corrected chi connectivity index (χ4v) is 1.99. The van der Waals surface area contributed by atoms with Crippen LogP contribution in [0.4, 0.5) is 10.1 Å². The van der Waals surface area contributed by atoms with E-state index in [1.807, 2.05) is 6.07 Å². The largest absolute Gasteiger partial charge is 0.491 e. The van der Waals surface area contributed by atoms with E-state index in [1.165, 1.54) is 18.3 Å². The summed E-state index contributed by atoms with van der Waals surface area (Å²) in [6.45, 7) is 0.150. The van der Waals surface area contributed by atoms with Gasteiger partial charge in [0.25, 0.3) is 0 Å². The van der Waals surface area contributed by atoms with Crippen LogP contribution in [0.5, 0.6) is 0 Å². The second kappa shape index (κ2) is 5.32. The van der Waals surface area contributed by atoms with Crippen molar-refractivity contribution in [2.24, 2.45) is 0 Å². The van der Waals surface area contributed by atoms with Crippen LogP contribution in [0.25, 0.3) is 5.57 Å². The third-order valence-corrected chi connectivity index (χ3v) is 2.98. The summed E-state index contributed by atoms with van der Waals surface area (Å²) in [6, 6.07) is 4.37. The van der Waals surface area contributed by atoms with Crippen molar-refractivity contribution in [2.45, 2.75) is 6.61 Å². The Hall–Kier alpha value is -2.77. The van der Waals surface area contributed by atoms with E-state index in [-0.39, 0.29) is 18.0 Å². The molecule has 2 heterocycles. The molecule has 104 valence electrons. The highest BCUT2D eigenvalue weighted by molar-refractivity contribution is 6.61. The number of H-pyrrole nitrogens is 1. The number of benzene rings is 1. The molecule has 2 aromatic rings. The van der Waals surface area contributed by atoms with E-state index in [1.54, 1.807) is 0 Å². The molecule has 0 aliphatic carbocycles. The Balaban J connectivity index is 1.93. The van der Waals surface area contributed by atoms with Crippen molar-refractivity contribution in [1.82, 2.24) is 20.6 Å². The van der Waals surface area contributed by atoms with Crippen molar-refractivity contribution in [3.63, 3.8) is 0 Å². The quantitative estimate of drug-likeness (QED) is 0.515. The summed E-state index contributed by atoms with van der Waals surface area (Å²) in [5.74, 6) is -0.401. The number of allylic oxidation sites excluding steroid dienone is 1. The van der Waals surface area contributed by atoms with Crippen molar-refractivity contribution in [1.29, 1.82) is 5.26 Å². The van der Waals surface area contributed by atoms with Crippen LogP contribution in [-0.2, 0) is 11.3 Å². The van der Waals surface area contributed by atoms with E-state index < -0.39 is 12.9 Å². The van der Waals surface area contributed by atoms with E-state index in [0.717, 1.165) is 0 Å². The number of halogens is 1. The van der Waals surface area contributed by atoms with Gasteiger partial charge in [-0.1, -0.05) is 0 Å². The van der Waals surface area contributed by atoms with Gasteiger partial charge in [-0.2, -0.15) is 10.5 Å². The number of hydrogen-bond donors (Lipinski definition) is 3. The van der Waals surface area contributed by atoms with E-state index in [0.29, 0.717) is 16.7 Å². The van der Waals surface area contributed by atoms with Gasteiger partial charge >= 0.3 is 7.12 Å². The van der Waals surface area contributed by atoms with Crippen LogP contribution in [0.1, 0.15) is 11.4 Å². The summed E-state index contributed by atoms with van der Waals surface area (Å²) in [5.41, 5.74) is 1.52. The van der Waals surface area contributed by atoms with Gasteiger partial charge in [-0.25, -0.2) is 4.39 Å². The van der Waals surface area contributed by atoms with Crippen molar-refractivity contribution in [2.75, 3.05) is 5.32 Å². The van der Waals surface area contributed by atoms with E-state index in [9.17, 15) is 9.41 Å². The van der Waals surface area contributed by atoms with Crippen molar-refractivity contribution in [3.8, 4) is 6.07 Å². The van der Waals surface area contributed by atoms with Gasteiger partial charge in [0.15, 0.2) is 0 Å². The Labute approximate surface area is 118 Å². The van der Waals surface area contributed by atoms with Gasteiger partial charge in [0, 0.05) is 11.9 Å². The molecule has 0 spiro atoms. The molecule has 3 N–H and O–H groups in total. The molecule has 3 rings (SSSR count). The Kier molecular flexibility index (Phi) is 3.35. The minimum Gasteiger partial charge on any atom is -0.423 e. The number of nitrogens with zero attached hydrogens (tertiary/aromatic N) is 4. The molecule has 1 aromatic carbocycles. The number of hydrogen-bond acceptors (Lipinski definition) is 7. The number of fused-ring (bicyclic) bond motifs is 1. The van der Waals surface area contributed by atoms with Crippen LogP contribution in [-0.4, -0.2) is 32.8 Å². The van der Waals surface area contributed by atoms with Crippen LogP contribution in [0, 0.1) is 17.1 Å². The number of rotatable bonds is 3. The monoisotopic (exact) mass is 286 g/mol. The van der Waals surface area contributed by atoms with Gasteiger partial charge in [-0.05, 0) is 28.4 Å². The Morgan fingerprint density at radius 3 is 3.19 bits per heavy atom. The van der Waals surface area contributed by atoms with Gasteiger partial charge in [-0.15, -0.1) is 10.2 Å². The average molecular weight is 286 g/mol. The second-order valence-electron chi connectivity index (χ2n) is 4.23. The minimum absolute atomic E-state index is 0.120. The topological polar surface area (TPSA) is 120 Å². The highest BCUT2D eigenvalue weighted by Gasteiger charge is 2.30. The molecule has 0 bridgehead atoms. The molecule has 1 aliphatic heterocycles. The van der Waals surface area contributed by atoms with Crippen molar-refractivity contribution < 1.29 is 14.1 Å². The molecule has 0 amide bonds. The van der Waals surface area contributed by atoms with Gasteiger partial charge in [-0.3, -0.25) is 0 Å². The molecule has 21 heavy (non-hydrogen) atoms. The maximum absolute atomic E-state index is 13.5. The standard InChI is InChI=1S/C11H8BFN6O2/c13-7-1-9-8(5-21-12(9)20)10(2-7)15-4-6(3-14)11-16-18-19-17-11/h1-2,4,15,20H,5H2,(H,16,17,18,19). The zero-order valence-corrected chi connectivity index (χ0v) is 10.5. The predicted molar refractivity (Wildman–Crippen MR) is 70.2 cm³/mol. The average Bonchev–Trinajstić information content (AvgIpc) is 3.11. The zero-order valence-electron chi connectivity index (χ0n) is 10.5. The maximum Gasteiger partial charge on any atom is 0.491 e. The summed E-state index contributed by atoms with van der Waals surface area (Å²) in [6.07, 6.45) is 1.34. The van der Waals surface area contributed by atoms with Gasteiger partial charge in [0.05, 0.1) is 6.61 Å². The second-order valence-corrected chi connectivity index (χ2v) is 4.23. The molecule has 1 aliphatic rings. The zero-order chi connectivity index (χ0) is 14.8. The summed E-state index contributed by atoms with van der Waals surface area (Å²) < 4.78 is 18.6. The number of nitriles is 1. The lowest BCUT2D eigenvalue weighted by atomic mass is 9.79. The molecule has 0 atom stereocenters. The molecule has 1 aromatic heterocycles. The first-order valence-electron chi connectivity index (χ1n) is 5.91. The molecular weight excluding hydrogens is 278 g/mol. The highest BCUT2D eigenvalue weighted by atomic mass is 19.1. The first-order chi connectivity index (χ1) is 10.2. The molecule has 0 saturated carbocycles. The molecule has 0 radical (unpaired) electrons. The maximum atomic E-state index is 13.5. The third kappa shape index (κ3) is 2.47. The predicted octanol–water partition coefficient (Wildman–Crippen LogP) is -0.467. The van der Waals surface area contributed by atoms with Crippen molar-refractivity contribution in [3.05, 3.63) is 35.5 Å². The van der Waals surface area contributed by atoms with Crippen LogP contribution in [0.3, 0.4) is 0 Å². The number of anilines is 1. The summed E-state index contributed by atoms with van der Waals surface area (Å²) in [5, 5.41) is 34.4. The molecule has 10 heteroatoms. The van der Waals surface area contributed by atoms with Crippen LogP contribution >= 0.6 is 0 Å². The van der Waals surface area contributed by atoms with Crippen LogP contribution in [0.2, 0.25) is 0 Å². The molecule has 0 saturated heterocycles. The highest BCUT2D eigenvalue weighted by Crippen LogP contribution is 2.22. The Morgan fingerprint density at radius 2 is 2.48 bits per heavy atom. The fourth-order valence-electron chi connectivity index (χ4n) is 1.99. The Bertz CT molecular complexity index is 742. The SMILES string of the molecule is N#CC(=CNc1cc(F)cc2c1COB2O)c1nn[nH]n1. The van der Waals surface area contributed by atoms with Gasteiger partial charge in [0.2, 0.25) is 5.82 Å². The van der Waals surface area contributed by atoms with Gasteiger partial charge in [0.1, 0.15) is 17.5 Å². The summed E-state index contributed by atoms with van der Waals surface area (Å²) in [4.78, 5) is 0. The molecule has 0 unspecified atom stereocenters. The number of aromatic nitrogens is 4. The lowest BCUT2D eigenvalue weighted by Crippen LogP contribution is -2.28. The normalized spacial score (nSPS) is 14.0. The number of nitrogens with one attached hydrogen (secondary N) is 2. The van der Waals surface area contributed by atoms with Crippen LogP contribution < -0.4 is 10.8 Å². The minimum atomic E-state index is -1.15. The van der Waals surface area contributed by atoms with E-state index in [2.05, 4.69) is 25.9 Å². The number of aromatic amines is 1. The first kappa shape index (κ1) is 13.2.